The number of ether oxygens (including phenoxy) is 2. The van der Waals surface area contributed by atoms with Gasteiger partial charge < -0.3 is 9.47 Å². The molecule has 7 nitrogen and oxygen atoms in total. The van der Waals surface area contributed by atoms with Crippen molar-refractivity contribution in [3.63, 3.8) is 0 Å². The Hall–Kier alpha value is -2.81. The maximum absolute atomic E-state index is 12.6. The number of imide groups is 1. The molecule has 1 aromatic carbocycles. The molecule has 0 spiro atoms. The largest absolute Gasteiger partial charge is 0.493 e. The molecule has 0 aliphatic carbocycles. The van der Waals surface area contributed by atoms with Gasteiger partial charge in [0.15, 0.2) is 0 Å². The average molecular weight is 467 g/mol. The van der Waals surface area contributed by atoms with Crippen LogP contribution in [0.2, 0.25) is 0 Å². The third-order valence-electron chi connectivity index (χ3n) is 5.16. The molecule has 33 heavy (non-hydrogen) atoms. The van der Waals surface area contributed by atoms with Gasteiger partial charge in [-0.15, -0.1) is 0 Å². The van der Waals surface area contributed by atoms with E-state index in [0.29, 0.717) is 26.1 Å². The van der Waals surface area contributed by atoms with Crippen LogP contribution >= 0.6 is 11.8 Å². The van der Waals surface area contributed by atoms with Gasteiger partial charge in [0.25, 0.3) is 12.5 Å². The second kappa shape index (κ2) is 12.4. The normalized spacial score (nSPS) is 15.6. The lowest BCUT2D eigenvalue weighted by molar-refractivity contribution is -0.126. The molecule has 2 amide bonds. The van der Waals surface area contributed by atoms with Crippen molar-refractivity contribution in [1.29, 1.82) is 0 Å². The van der Waals surface area contributed by atoms with Crippen molar-refractivity contribution in [1.82, 2.24) is 9.88 Å². The minimum Gasteiger partial charge on any atom is -0.493 e. The van der Waals surface area contributed by atoms with Crippen LogP contribution in [0.1, 0.15) is 37.1 Å². The Labute approximate surface area is 199 Å². The first kappa shape index (κ1) is 24.8. The zero-order chi connectivity index (χ0) is 23.6. The van der Waals surface area contributed by atoms with Gasteiger partial charge >= 0.3 is 0 Å². The Morgan fingerprint density at radius 3 is 2.52 bits per heavy atom. The van der Waals surface area contributed by atoms with Crippen molar-refractivity contribution < 1.29 is 23.9 Å². The lowest BCUT2D eigenvalue weighted by Gasteiger charge is -2.13. The first-order chi connectivity index (χ1) is 16.0. The highest BCUT2D eigenvalue weighted by atomic mass is 32.2. The number of rotatable bonds is 12. The number of thioether (sulfide) groups is 1. The molecule has 3 rings (SSSR count). The van der Waals surface area contributed by atoms with Gasteiger partial charge in [0.05, 0.1) is 18.5 Å². The van der Waals surface area contributed by atoms with Crippen LogP contribution in [-0.4, -0.2) is 59.1 Å². The fraction of sp³-hybridized carbons (Fsp3) is 0.417. The van der Waals surface area contributed by atoms with Gasteiger partial charge in [-0.3, -0.25) is 24.3 Å². The minimum absolute atomic E-state index is 0.0630. The van der Waals surface area contributed by atoms with E-state index in [2.05, 4.69) is 18.0 Å². The van der Waals surface area contributed by atoms with Crippen LogP contribution < -0.4 is 4.74 Å². The summed E-state index contributed by atoms with van der Waals surface area (Å²) in [5.41, 5.74) is 3.14. The molecule has 173 valence electrons. The Kier molecular flexibility index (Phi) is 9.36. The van der Waals surface area contributed by atoms with Crippen LogP contribution in [0.5, 0.6) is 5.75 Å². The Morgan fingerprint density at radius 2 is 1.85 bits per heavy atom. The van der Waals surface area contributed by atoms with Crippen LogP contribution in [0.15, 0.2) is 42.6 Å². The highest BCUT2D eigenvalue weighted by Crippen LogP contribution is 2.29. The molecule has 2 heterocycles. The van der Waals surface area contributed by atoms with Crippen molar-refractivity contribution in [2.75, 3.05) is 19.7 Å². The van der Waals surface area contributed by atoms with Crippen LogP contribution in [0, 0.1) is 0 Å². The number of benzene rings is 1. The van der Waals surface area contributed by atoms with E-state index in [0.717, 1.165) is 46.5 Å². The number of pyridine rings is 1. The van der Waals surface area contributed by atoms with E-state index >= 15 is 0 Å². The summed E-state index contributed by atoms with van der Waals surface area (Å²) in [7, 11) is 1.23. The Balaban J connectivity index is 1.44. The van der Waals surface area contributed by atoms with Gasteiger partial charge in [0, 0.05) is 24.8 Å². The molecule has 9 heteroatoms. The zero-order valence-electron chi connectivity index (χ0n) is 19.0. The Bertz CT molecular complexity index is 952. The molecule has 1 atom stereocenters. The predicted octanol–water partition coefficient (Wildman–Crippen LogP) is 4.08. The van der Waals surface area contributed by atoms with E-state index in [1.54, 1.807) is 0 Å². The molecule has 0 bridgehead atoms. The maximum Gasteiger partial charge on any atom is 0.288 e. The topological polar surface area (TPSA) is 85.8 Å². The van der Waals surface area contributed by atoms with Crippen molar-refractivity contribution in [2.45, 2.75) is 44.8 Å². The highest BCUT2D eigenvalue weighted by molar-refractivity contribution is 8.15. The molecule has 1 radical (unpaired) electrons. The molecule has 0 saturated carbocycles. The number of aryl methyl sites for hydroxylation is 1. The van der Waals surface area contributed by atoms with Gasteiger partial charge in [0.2, 0.25) is 11.8 Å². The average Bonchev–Trinajstić information content (AvgIpc) is 3.09. The van der Waals surface area contributed by atoms with Gasteiger partial charge in [-0.25, -0.2) is 0 Å². The number of nitrogens with zero attached hydrogens (tertiary/aromatic N) is 2. The van der Waals surface area contributed by atoms with Gasteiger partial charge in [0.1, 0.15) is 5.75 Å². The standard InChI is InChI=1S/C24H28BN2O5S/c1-3-12-32-23(29)25-16-27-22(28)21(33-24(27)30)14-18-6-9-20(10-7-18)31-13-11-19-8-5-17(4-2)15-26-19/h5-10,15,21H,3-4,11-14,16H2,1-2H3. The van der Waals surface area contributed by atoms with Crippen LogP contribution in [-0.2, 0) is 28.8 Å². The lowest BCUT2D eigenvalue weighted by Crippen LogP contribution is -2.37. The van der Waals surface area contributed by atoms with Gasteiger partial charge in [-0.2, -0.15) is 0 Å². The van der Waals surface area contributed by atoms with E-state index in [4.69, 9.17) is 9.47 Å². The van der Waals surface area contributed by atoms with E-state index in [9.17, 15) is 14.4 Å². The number of hydrogen-bond acceptors (Lipinski definition) is 7. The van der Waals surface area contributed by atoms with Crippen molar-refractivity contribution in [2.24, 2.45) is 0 Å². The molecule has 1 fully saturated rings. The molecule has 1 aliphatic rings. The third-order valence-corrected chi connectivity index (χ3v) is 6.23. The molecule has 1 aliphatic heterocycles. The Morgan fingerprint density at radius 1 is 1.09 bits per heavy atom. The van der Waals surface area contributed by atoms with E-state index in [1.807, 2.05) is 43.5 Å². The zero-order valence-corrected chi connectivity index (χ0v) is 19.8. The SMILES string of the molecule is CCCOC(=O)[B]CN1C(=O)SC(Cc2ccc(OCCc3ccc(CC)cn3)cc2)C1=O. The van der Waals surface area contributed by atoms with Crippen LogP contribution in [0.4, 0.5) is 9.59 Å². The summed E-state index contributed by atoms with van der Waals surface area (Å²) in [6, 6.07) is 11.6. The first-order valence-corrected chi connectivity index (χ1v) is 12.1. The van der Waals surface area contributed by atoms with Crippen molar-refractivity contribution in [3.05, 3.63) is 59.4 Å². The summed E-state index contributed by atoms with van der Waals surface area (Å²) in [6.45, 7) is 4.83. The second-order valence-corrected chi connectivity index (χ2v) is 8.80. The second-order valence-electron chi connectivity index (χ2n) is 7.65. The van der Waals surface area contributed by atoms with Gasteiger partial charge in [-0.1, -0.05) is 43.8 Å². The third kappa shape index (κ3) is 7.35. The van der Waals surface area contributed by atoms with Crippen molar-refractivity contribution in [3.8, 4) is 5.75 Å². The summed E-state index contributed by atoms with van der Waals surface area (Å²) in [6.07, 6.45) is 4.67. The van der Waals surface area contributed by atoms with E-state index < -0.39 is 11.1 Å². The monoisotopic (exact) mass is 467 g/mol. The summed E-state index contributed by atoms with van der Waals surface area (Å²) >= 11 is 0.992. The summed E-state index contributed by atoms with van der Waals surface area (Å²) in [5, 5.41) is -0.841. The fourth-order valence-electron chi connectivity index (χ4n) is 3.24. The molecule has 2 aromatic rings. The fourth-order valence-corrected chi connectivity index (χ4v) is 4.28. The molecule has 1 saturated heterocycles. The molecular weight excluding hydrogens is 439 g/mol. The summed E-state index contributed by atoms with van der Waals surface area (Å²) < 4.78 is 10.8. The minimum atomic E-state index is -0.518. The van der Waals surface area contributed by atoms with E-state index in [1.165, 1.54) is 12.8 Å². The number of aromatic nitrogens is 1. The maximum atomic E-state index is 12.6. The molecular formula is C24H28BN2O5S. The summed E-state index contributed by atoms with van der Waals surface area (Å²) in [5.74, 6) is -0.0612. The lowest BCUT2D eigenvalue weighted by atomic mass is 9.78. The molecule has 0 N–H and O–H groups in total. The quantitative estimate of drug-likeness (QED) is 0.435. The summed E-state index contributed by atoms with van der Waals surface area (Å²) in [4.78, 5) is 42.0. The first-order valence-electron chi connectivity index (χ1n) is 11.2. The van der Waals surface area contributed by atoms with Crippen LogP contribution in [0.25, 0.3) is 0 Å². The van der Waals surface area contributed by atoms with E-state index in [-0.39, 0.29) is 17.6 Å². The predicted molar refractivity (Wildman–Crippen MR) is 129 cm³/mol. The van der Waals surface area contributed by atoms with Crippen molar-refractivity contribution >= 4 is 36.1 Å². The number of carbonyl (C=O) groups is 3. The number of amides is 2. The molecule has 1 aromatic heterocycles. The smallest absolute Gasteiger partial charge is 0.288 e. The highest BCUT2D eigenvalue weighted by Gasteiger charge is 2.39. The molecule has 1 unspecified atom stereocenters. The number of hydrogen-bond donors (Lipinski definition) is 0. The number of carbonyl (C=O) groups excluding carboxylic acids is 3. The van der Waals surface area contributed by atoms with Crippen LogP contribution in [0.3, 0.4) is 0 Å². The van der Waals surface area contributed by atoms with Gasteiger partial charge in [-0.05, 0) is 48.6 Å².